The van der Waals surface area contributed by atoms with Crippen molar-refractivity contribution in [3.8, 4) is 0 Å². The van der Waals surface area contributed by atoms with Gasteiger partial charge in [0.25, 0.3) is 0 Å². The predicted octanol–water partition coefficient (Wildman–Crippen LogP) is 3.50. The van der Waals surface area contributed by atoms with Crippen LogP contribution in [-0.4, -0.2) is 5.78 Å². The summed E-state index contributed by atoms with van der Waals surface area (Å²) < 4.78 is 13.3. The SMILES string of the molecule is CC(=O)C(Br)c1cccc(Cl)c1F. The number of ketones is 1. The van der Waals surface area contributed by atoms with Crippen molar-refractivity contribution >= 4 is 33.3 Å². The van der Waals surface area contributed by atoms with E-state index in [-0.39, 0.29) is 16.4 Å². The van der Waals surface area contributed by atoms with E-state index in [1.165, 1.54) is 19.1 Å². The van der Waals surface area contributed by atoms with Gasteiger partial charge in [0.05, 0.1) is 5.02 Å². The second-order valence-electron chi connectivity index (χ2n) is 2.62. The molecule has 1 aromatic carbocycles. The van der Waals surface area contributed by atoms with Crippen molar-refractivity contribution in [2.75, 3.05) is 0 Å². The number of benzene rings is 1. The highest BCUT2D eigenvalue weighted by Crippen LogP contribution is 2.29. The third-order valence-corrected chi connectivity index (χ3v) is 3.04. The normalized spacial score (nSPS) is 12.6. The van der Waals surface area contributed by atoms with Crippen LogP contribution < -0.4 is 0 Å². The maximum atomic E-state index is 13.3. The number of carbonyl (C=O) groups excluding carboxylic acids is 1. The first-order valence-corrected chi connectivity index (χ1v) is 4.92. The summed E-state index contributed by atoms with van der Waals surface area (Å²) in [7, 11) is 0. The largest absolute Gasteiger partial charge is 0.298 e. The Morgan fingerprint density at radius 3 is 2.77 bits per heavy atom. The van der Waals surface area contributed by atoms with E-state index in [4.69, 9.17) is 11.6 Å². The summed E-state index contributed by atoms with van der Waals surface area (Å²) in [5.74, 6) is -0.692. The minimum absolute atomic E-state index is 0.0307. The molecule has 1 atom stereocenters. The lowest BCUT2D eigenvalue weighted by molar-refractivity contribution is -0.116. The summed E-state index contributed by atoms with van der Waals surface area (Å²) in [6, 6.07) is 4.58. The van der Waals surface area contributed by atoms with Crippen molar-refractivity contribution in [1.82, 2.24) is 0 Å². The molecule has 1 rings (SSSR count). The number of carbonyl (C=O) groups is 1. The van der Waals surface area contributed by atoms with Crippen LogP contribution in [0.15, 0.2) is 18.2 Å². The highest BCUT2D eigenvalue weighted by molar-refractivity contribution is 9.09. The Morgan fingerprint density at radius 1 is 1.62 bits per heavy atom. The lowest BCUT2D eigenvalue weighted by atomic mass is 10.1. The van der Waals surface area contributed by atoms with Crippen LogP contribution in [0.3, 0.4) is 0 Å². The smallest absolute Gasteiger partial charge is 0.147 e. The zero-order valence-corrected chi connectivity index (χ0v) is 9.19. The molecule has 13 heavy (non-hydrogen) atoms. The highest BCUT2D eigenvalue weighted by Gasteiger charge is 2.17. The minimum atomic E-state index is -0.619. The molecule has 0 N–H and O–H groups in total. The van der Waals surface area contributed by atoms with Gasteiger partial charge in [-0.2, -0.15) is 0 Å². The van der Waals surface area contributed by atoms with Gasteiger partial charge in [-0.15, -0.1) is 0 Å². The standard InChI is InChI=1S/C9H7BrClFO/c1-5(13)8(10)6-3-2-4-7(11)9(6)12/h2-4,8H,1H3. The molecule has 0 bridgehead atoms. The minimum Gasteiger partial charge on any atom is -0.298 e. The first-order chi connectivity index (χ1) is 6.04. The Hall–Kier alpha value is -0.410. The second kappa shape index (κ2) is 4.20. The fourth-order valence-electron chi connectivity index (χ4n) is 0.935. The lowest BCUT2D eigenvalue weighted by Crippen LogP contribution is -2.03. The van der Waals surface area contributed by atoms with Crippen LogP contribution in [0.1, 0.15) is 17.3 Å². The molecule has 1 nitrogen and oxygen atoms in total. The highest BCUT2D eigenvalue weighted by atomic mass is 79.9. The van der Waals surface area contributed by atoms with E-state index in [1.54, 1.807) is 6.07 Å². The zero-order chi connectivity index (χ0) is 10.0. The van der Waals surface area contributed by atoms with Gasteiger partial charge in [0, 0.05) is 5.56 Å². The number of hydrogen-bond donors (Lipinski definition) is 0. The maximum Gasteiger partial charge on any atom is 0.147 e. The van der Waals surface area contributed by atoms with E-state index >= 15 is 0 Å². The number of Topliss-reactive ketones (excluding diaryl/α,β-unsaturated/α-hetero) is 1. The van der Waals surface area contributed by atoms with Crippen LogP contribution in [0.4, 0.5) is 4.39 Å². The quantitative estimate of drug-likeness (QED) is 0.748. The van der Waals surface area contributed by atoms with Crippen LogP contribution in [0.2, 0.25) is 5.02 Å². The van der Waals surface area contributed by atoms with Crippen LogP contribution in [0.5, 0.6) is 0 Å². The van der Waals surface area contributed by atoms with E-state index in [1.807, 2.05) is 0 Å². The van der Waals surface area contributed by atoms with Crippen molar-refractivity contribution in [2.45, 2.75) is 11.8 Å². The summed E-state index contributed by atoms with van der Waals surface area (Å²) in [6.07, 6.45) is 0. The maximum absolute atomic E-state index is 13.3. The first kappa shape index (κ1) is 10.7. The van der Waals surface area contributed by atoms with Crippen molar-refractivity contribution < 1.29 is 9.18 Å². The van der Waals surface area contributed by atoms with Crippen molar-refractivity contribution in [3.63, 3.8) is 0 Å². The Labute approximate surface area is 89.0 Å². The molecule has 0 spiro atoms. The number of halogens is 3. The zero-order valence-electron chi connectivity index (χ0n) is 6.85. The van der Waals surface area contributed by atoms with Crippen LogP contribution in [-0.2, 0) is 4.79 Å². The van der Waals surface area contributed by atoms with Gasteiger partial charge in [-0.25, -0.2) is 4.39 Å². The van der Waals surface area contributed by atoms with Gasteiger partial charge in [0.2, 0.25) is 0 Å². The molecule has 70 valence electrons. The summed E-state index contributed by atoms with van der Waals surface area (Å²) >= 11 is 8.64. The van der Waals surface area contributed by atoms with E-state index < -0.39 is 10.6 Å². The van der Waals surface area contributed by atoms with Gasteiger partial charge in [-0.05, 0) is 13.0 Å². The number of rotatable bonds is 2. The summed E-state index contributed by atoms with van der Waals surface area (Å²) in [6.45, 7) is 1.39. The molecule has 0 heterocycles. The molecule has 0 aliphatic rings. The fourth-order valence-corrected chi connectivity index (χ4v) is 1.47. The van der Waals surface area contributed by atoms with E-state index in [0.29, 0.717) is 0 Å². The predicted molar refractivity (Wildman–Crippen MR) is 53.8 cm³/mol. The summed E-state index contributed by atoms with van der Waals surface area (Å²) in [4.78, 5) is 10.3. The second-order valence-corrected chi connectivity index (χ2v) is 3.94. The molecule has 0 saturated heterocycles. The lowest BCUT2D eigenvalue weighted by Gasteiger charge is -2.07. The molecule has 4 heteroatoms. The molecule has 1 unspecified atom stereocenters. The molecule has 0 saturated carbocycles. The molecule has 0 aliphatic heterocycles. The van der Waals surface area contributed by atoms with E-state index in [9.17, 15) is 9.18 Å². The Balaban J connectivity index is 3.15. The molecule has 0 radical (unpaired) electrons. The van der Waals surface area contributed by atoms with Gasteiger partial charge in [-0.1, -0.05) is 39.7 Å². The Kier molecular flexibility index (Phi) is 3.45. The molecule has 0 amide bonds. The fraction of sp³-hybridized carbons (Fsp3) is 0.222. The number of hydrogen-bond acceptors (Lipinski definition) is 1. The number of alkyl halides is 1. The topological polar surface area (TPSA) is 17.1 Å². The molecule has 1 aromatic rings. The Bertz CT molecular complexity index is 340. The average Bonchev–Trinajstić information content (AvgIpc) is 2.08. The van der Waals surface area contributed by atoms with Gasteiger partial charge in [-0.3, -0.25) is 4.79 Å². The van der Waals surface area contributed by atoms with Crippen molar-refractivity contribution in [2.24, 2.45) is 0 Å². The third-order valence-electron chi connectivity index (χ3n) is 1.61. The van der Waals surface area contributed by atoms with Gasteiger partial charge in [0.1, 0.15) is 16.4 Å². The van der Waals surface area contributed by atoms with Crippen LogP contribution in [0, 0.1) is 5.82 Å². The summed E-state index contributed by atoms with van der Waals surface area (Å²) in [5, 5.41) is 0.0307. The monoisotopic (exact) mass is 264 g/mol. The molecule has 0 fully saturated rings. The van der Waals surface area contributed by atoms with E-state index in [0.717, 1.165) is 0 Å². The van der Waals surface area contributed by atoms with Gasteiger partial charge >= 0.3 is 0 Å². The third kappa shape index (κ3) is 2.29. The average molecular weight is 266 g/mol. The first-order valence-electron chi connectivity index (χ1n) is 3.62. The summed E-state index contributed by atoms with van der Waals surface area (Å²) in [5.41, 5.74) is 0.278. The van der Waals surface area contributed by atoms with Crippen molar-refractivity contribution in [1.29, 1.82) is 0 Å². The molecular weight excluding hydrogens is 258 g/mol. The van der Waals surface area contributed by atoms with Gasteiger partial charge < -0.3 is 0 Å². The van der Waals surface area contributed by atoms with E-state index in [2.05, 4.69) is 15.9 Å². The van der Waals surface area contributed by atoms with Gasteiger partial charge in [0.15, 0.2) is 0 Å². The molecule has 0 aromatic heterocycles. The van der Waals surface area contributed by atoms with Crippen molar-refractivity contribution in [3.05, 3.63) is 34.6 Å². The molecule has 0 aliphatic carbocycles. The Morgan fingerprint density at radius 2 is 2.23 bits per heavy atom. The van der Waals surface area contributed by atoms with Crippen LogP contribution >= 0.6 is 27.5 Å². The molecular formula is C9H7BrClFO. The van der Waals surface area contributed by atoms with Crippen LogP contribution in [0.25, 0.3) is 0 Å².